The lowest BCUT2D eigenvalue weighted by atomic mass is 10.2. The maximum atomic E-state index is 11.7. The van der Waals surface area contributed by atoms with Crippen molar-refractivity contribution in [3.8, 4) is 0 Å². The number of hydrogen-bond acceptors (Lipinski definition) is 3. The van der Waals surface area contributed by atoms with Gasteiger partial charge in [-0.25, -0.2) is 9.78 Å². The number of imidazole rings is 1. The molecule has 0 aliphatic carbocycles. The van der Waals surface area contributed by atoms with Crippen LogP contribution >= 0.6 is 11.3 Å². The van der Waals surface area contributed by atoms with Gasteiger partial charge in [0.05, 0.1) is 0 Å². The molecule has 0 aliphatic rings. The van der Waals surface area contributed by atoms with Gasteiger partial charge in [0.25, 0.3) is 0 Å². The van der Waals surface area contributed by atoms with E-state index in [1.807, 2.05) is 6.92 Å². The number of nitrogens with zero attached hydrogens (tertiary/aromatic N) is 2. The largest absolute Gasteiger partial charge is 0.335 e. The Labute approximate surface area is 104 Å². The van der Waals surface area contributed by atoms with Gasteiger partial charge in [-0.05, 0) is 26.0 Å². The summed E-state index contributed by atoms with van der Waals surface area (Å²) in [4.78, 5) is 18.2. The van der Waals surface area contributed by atoms with E-state index in [0.717, 1.165) is 6.42 Å². The van der Waals surface area contributed by atoms with Crippen molar-refractivity contribution in [2.24, 2.45) is 0 Å². The number of amides is 1. The summed E-state index contributed by atoms with van der Waals surface area (Å²) in [6, 6.07) is 4.19. The number of aryl methyl sites for hydroxylation is 1. The lowest BCUT2D eigenvalue weighted by Gasteiger charge is -2.12. The second-order valence-electron chi connectivity index (χ2n) is 4.04. The van der Waals surface area contributed by atoms with E-state index in [1.54, 1.807) is 23.7 Å². The Morgan fingerprint density at radius 3 is 3.00 bits per heavy atom. The van der Waals surface area contributed by atoms with Crippen LogP contribution in [0.15, 0.2) is 30.9 Å². The zero-order valence-electron chi connectivity index (χ0n) is 9.88. The van der Waals surface area contributed by atoms with Crippen LogP contribution in [0.1, 0.15) is 16.7 Å². The average molecular weight is 249 g/mol. The molecule has 0 saturated carbocycles. The zero-order valence-corrected chi connectivity index (χ0v) is 10.7. The molecule has 0 bridgehead atoms. The van der Waals surface area contributed by atoms with Crippen LogP contribution in [0.25, 0.3) is 0 Å². The van der Waals surface area contributed by atoms with Crippen molar-refractivity contribution in [3.05, 3.63) is 40.6 Å². The maximum absolute atomic E-state index is 11.7. The molecule has 5 heteroatoms. The second-order valence-corrected chi connectivity index (χ2v) is 5.41. The Hall–Kier alpha value is -1.62. The molecule has 4 nitrogen and oxygen atoms in total. The van der Waals surface area contributed by atoms with Gasteiger partial charge in [0.1, 0.15) is 6.33 Å². The molecule has 2 rings (SSSR count). The number of nitrogens with one attached hydrogen (secondary N) is 1. The quantitative estimate of drug-likeness (QED) is 0.908. The first kappa shape index (κ1) is 11.9. The Bertz CT molecular complexity index is 490. The summed E-state index contributed by atoms with van der Waals surface area (Å²) in [5.74, 6) is 0. The first-order chi connectivity index (χ1) is 8.15. The van der Waals surface area contributed by atoms with Crippen molar-refractivity contribution in [1.82, 2.24) is 14.9 Å². The second kappa shape index (κ2) is 5.14. The monoisotopic (exact) mass is 249 g/mol. The summed E-state index contributed by atoms with van der Waals surface area (Å²) < 4.78 is 1.44. The minimum absolute atomic E-state index is 0.114. The summed E-state index contributed by atoms with van der Waals surface area (Å²) in [6.07, 6.45) is 5.58. The lowest BCUT2D eigenvalue weighted by Crippen LogP contribution is -2.36. The number of hydrogen-bond donors (Lipinski definition) is 1. The number of rotatable bonds is 3. The maximum Gasteiger partial charge on any atom is 0.327 e. The van der Waals surface area contributed by atoms with Gasteiger partial charge in [0.2, 0.25) is 0 Å². The van der Waals surface area contributed by atoms with Crippen LogP contribution < -0.4 is 5.32 Å². The molecular weight excluding hydrogens is 234 g/mol. The predicted octanol–water partition coefficient (Wildman–Crippen LogP) is 2.44. The normalized spacial score (nSPS) is 12.4. The van der Waals surface area contributed by atoms with Crippen LogP contribution in [0.2, 0.25) is 0 Å². The molecule has 1 amide bonds. The summed E-state index contributed by atoms with van der Waals surface area (Å²) in [5.41, 5.74) is 0. The fraction of sp³-hybridized carbons (Fsp3) is 0.333. The Morgan fingerprint density at radius 1 is 1.59 bits per heavy atom. The minimum atomic E-state index is -0.136. The van der Waals surface area contributed by atoms with Crippen LogP contribution in [0.3, 0.4) is 0 Å². The SMILES string of the molecule is Cc1ccc(CC(C)NC(=O)n2ccnc2)s1. The molecule has 1 unspecified atom stereocenters. The zero-order chi connectivity index (χ0) is 12.3. The topological polar surface area (TPSA) is 46.9 Å². The van der Waals surface area contributed by atoms with Crippen LogP contribution in [-0.2, 0) is 6.42 Å². The lowest BCUT2D eigenvalue weighted by molar-refractivity contribution is 0.239. The molecule has 90 valence electrons. The van der Waals surface area contributed by atoms with Crippen molar-refractivity contribution in [3.63, 3.8) is 0 Å². The number of carbonyl (C=O) groups is 1. The van der Waals surface area contributed by atoms with Crippen LogP contribution in [0, 0.1) is 6.92 Å². The Balaban J connectivity index is 1.89. The van der Waals surface area contributed by atoms with Gasteiger partial charge >= 0.3 is 6.03 Å². The van der Waals surface area contributed by atoms with Crippen molar-refractivity contribution in [1.29, 1.82) is 0 Å². The average Bonchev–Trinajstić information content (AvgIpc) is 2.89. The van der Waals surface area contributed by atoms with E-state index < -0.39 is 0 Å². The predicted molar refractivity (Wildman–Crippen MR) is 68.4 cm³/mol. The standard InChI is InChI=1S/C12H15N3OS/c1-9(7-11-4-3-10(2)17-11)14-12(16)15-6-5-13-8-15/h3-6,8-9H,7H2,1-2H3,(H,14,16). The van der Waals surface area contributed by atoms with Crippen LogP contribution in [-0.4, -0.2) is 21.6 Å². The van der Waals surface area contributed by atoms with Gasteiger partial charge in [0, 0.05) is 34.6 Å². The van der Waals surface area contributed by atoms with Crippen molar-refractivity contribution in [2.75, 3.05) is 0 Å². The Morgan fingerprint density at radius 2 is 2.41 bits per heavy atom. The van der Waals surface area contributed by atoms with Gasteiger partial charge in [0.15, 0.2) is 0 Å². The molecular formula is C12H15N3OS. The summed E-state index contributed by atoms with van der Waals surface area (Å²) >= 11 is 1.77. The molecule has 2 aromatic heterocycles. The highest BCUT2D eigenvalue weighted by atomic mass is 32.1. The van der Waals surface area contributed by atoms with Gasteiger partial charge in [-0.15, -0.1) is 11.3 Å². The van der Waals surface area contributed by atoms with E-state index in [1.165, 1.54) is 20.6 Å². The van der Waals surface area contributed by atoms with Gasteiger partial charge < -0.3 is 5.32 Å². The third-order valence-electron chi connectivity index (χ3n) is 2.41. The number of aromatic nitrogens is 2. The molecule has 17 heavy (non-hydrogen) atoms. The van der Waals surface area contributed by atoms with E-state index in [2.05, 4.69) is 29.4 Å². The molecule has 0 saturated heterocycles. The molecule has 0 aromatic carbocycles. The van der Waals surface area contributed by atoms with Crippen LogP contribution in [0.5, 0.6) is 0 Å². The fourth-order valence-corrected chi connectivity index (χ4v) is 2.63. The van der Waals surface area contributed by atoms with Crippen LogP contribution in [0.4, 0.5) is 4.79 Å². The molecule has 0 aliphatic heterocycles. The Kier molecular flexibility index (Phi) is 3.58. The summed E-state index contributed by atoms with van der Waals surface area (Å²) in [7, 11) is 0. The van der Waals surface area contributed by atoms with Gasteiger partial charge in [-0.2, -0.15) is 0 Å². The number of thiophene rings is 1. The highest BCUT2D eigenvalue weighted by Gasteiger charge is 2.10. The molecule has 0 radical (unpaired) electrons. The van der Waals surface area contributed by atoms with E-state index in [4.69, 9.17) is 0 Å². The molecule has 2 heterocycles. The van der Waals surface area contributed by atoms with E-state index >= 15 is 0 Å². The molecule has 0 spiro atoms. The van der Waals surface area contributed by atoms with Crippen molar-refractivity contribution >= 4 is 17.4 Å². The van der Waals surface area contributed by atoms with Gasteiger partial charge in [-0.1, -0.05) is 0 Å². The third-order valence-corrected chi connectivity index (χ3v) is 3.44. The third kappa shape index (κ3) is 3.17. The number of carbonyl (C=O) groups excluding carboxylic acids is 1. The molecule has 1 N–H and O–H groups in total. The minimum Gasteiger partial charge on any atom is -0.335 e. The fourth-order valence-electron chi connectivity index (χ4n) is 1.61. The molecule has 2 aromatic rings. The highest BCUT2D eigenvalue weighted by Crippen LogP contribution is 2.16. The van der Waals surface area contributed by atoms with E-state index in [0.29, 0.717) is 0 Å². The highest BCUT2D eigenvalue weighted by molar-refractivity contribution is 7.11. The van der Waals surface area contributed by atoms with E-state index in [9.17, 15) is 4.79 Å². The van der Waals surface area contributed by atoms with Crippen molar-refractivity contribution < 1.29 is 4.79 Å². The molecule has 1 atom stereocenters. The first-order valence-corrected chi connectivity index (χ1v) is 6.31. The van der Waals surface area contributed by atoms with E-state index in [-0.39, 0.29) is 12.1 Å². The molecule has 0 fully saturated rings. The van der Waals surface area contributed by atoms with Gasteiger partial charge in [-0.3, -0.25) is 4.57 Å². The summed E-state index contributed by atoms with van der Waals surface area (Å²) in [5, 5.41) is 2.93. The first-order valence-electron chi connectivity index (χ1n) is 5.49. The summed E-state index contributed by atoms with van der Waals surface area (Å²) in [6.45, 7) is 4.09. The van der Waals surface area contributed by atoms with Crippen molar-refractivity contribution in [2.45, 2.75) is 26.3 Å². The smallest absolute Gasteiger partial charge is 0.327 e.